The summed E-state index contributed by atoms with van der Waals surface area (Å²) in [4.78, 5) is 9.80. The van der Waals surface area contributed by atoms with Gasteiger partial charge in [0.1, 0.15) is 0 Å². The predicted octanol–water partition coefficient (Wildman–Crippen LogP) is 1.79. The van der Waals surface area contributed by atoms with E-state index in [0.717, 1.165) is 5.69 Å². The maximum Gasteiger partial charge on any atom is 0.225 e. The van der Waals surface area contributed by atoms with Crippen LogP contribution in [-0.4, -0.2) is 6.41 Å². The van der Waals surface area contributed by atoms with Crippen molar-refractivity contribution < 1.29 is 4.79 Å². The lowest BCUT2D eigenvalue weighted by molar-refractivity contribution is -0.109. The normalized spacial score (nSPS) is 7.50. The zero-order valence-electron chi connectivity index (χ0n) is 7.37. The van der Waals surface area contributed by atoms with Crippen molar-refractivity contribution in [3.63, 3.8) is 0 Å². The highest BCUT2D eigenvalue weighted by Gasteiger charge is 1.82. The summed E-state index contributed by atoms with van der Waals surface area (Å²) in [5.74, 6) is 0. The SMILES string of the molecule is CC.O=CNNc1ccccc1. The maximum atomic E-state index is 9.80. The molecule has 1 rings (SSSR count). The highest BCUT2D eigenvalue weighted by atomic mass is 16.1. The van der Waals surface area contributed by atoms with Crippen LogP contribution in [0.4, 0.5) is 5.69 Å². The van der Waals surface area contributed by atoms with Crippen LogP contribution in [0, 0.1) is 0 Å². The van der Waals surface area contributed by atoms with Gasteiger partial charge in [-0.3, -0.25) is 15.6 Å². The lowest BCUT2D eigenvalue weighted by atomic mass is 10.3. The molecule has 0 saturated carbocycles. The average Bonchev–Trinajstić information content (AvgIpc) is 2.19. The Bertz CT molecular complexity index is 199. The molecule has 66 valence electrons. The number of benzene rings is 1. The first-order chi connectivity index (χ1) is 5.93. The molecule has 0 aliphatic carbocycles. The molecule has 1 amide bonds. The van der Waals surface area contributed by atoms with Gasteiger partial charge >= 0.3 is 0 Å². The third-order valence-corrected chi connectivity index (χ3v) is 1.05. The van der Waals surface area contributed by atoms with E-state index in [0.29, 0.717) is 6.41 Å². The summed E-state index contributed by atoms with van der Waals surface area (Å²) < 4.78 is 0. The molecule has 0 spiro atoms. The zero-order valence-corrected chi connectivity index (χ0v) is 7.37. The minimum absolute atomic E-state index is 0.590. The van der Waals surface area contributed by atoms with Crippen LogP contribution in [0.1, 0.15) is 13.8 Å². The lowest BCUT2D eigenvalue weighted by Gasteiger charge is -2.00. The van der Waals surface area contributed by atoms with Gasteiger partial charge in [0, 0.05) is 0 Å². The summed E-state index contributed by atoms with van der Waals surface area (Å²) in [5, 5.41) is 0. The highest BCUT2D eigenvalue weighted by Crippen LogP contribution is 2.01. The van der Waals surface area contributed by atoms with Crippen molar-refractivity contribution in [2.75, 3.05) is 5.43 Å². The van der Waals surface area contributed by atoms with Gasteiger partial charge in [-0.15, -0.1) is 0 Å². The molecule has 0 saturated heterocycles. The van der Waals surface area contributed by atoms with E-state index < -0.39 is 0 Å². The molecule has 1 aromatic carbocycles. The second-order valence-corrected chi connectivity index (χ2v) is 1.75. The van der Waals surface area contributed by atoms with Gasteiger partial charge in [0.15, 0.2) is 0 Å². The van der Waals surface area contributed by atoms with Crippen LogP contribution in [0.15, 0.2) is 30.3 Å². The van der Waals surface area contributed by atoms with Gasteiger partial charge < -0.3 is 0 Å². The summed E-state index contributed by atoms with van der Waals surface area (Å²) in [6.07, 6.45) is 0.590. The Labute approximate surface area is 72.8 Å². The van der Waals surface area contributed by atoms with Gasteiger partial charge in [-0.2, -0.15) is 0 Å². The van der Waals surface area contributed by atoms with Crippen molar-refractivity contribution in [2.45, 2.75) is 13.8 Å². The Hall–Kier alpha value is -1.51. The number of hydrogen-bond donors (Lipinski definition) is 2. The quantitative estimate of drug-likeness (QED) is 0.531. The third-order valence-electron chi connectivity index (χ3n) is 1.05. The second kappa shape index (κ2) is 7.60. The molecule has 0 fully saturated rings. The second-order valence-electron chi connectivity index (χ2n) is 1.75. The van der Waals surface area contributed by atoms with Crippen molar-refractivity contribution in [2.24, 2.45) is 0 Å². The Balaban J connectivity index is 0.000000561. The van der Waals surface area contributed by atoms with Gasteiger partial charge in [-0.05, 0) is 12.1 Å². The molecule has 0 heterocycles. The molecule has 3 nitrogen and oxygen atoms in total. The number of hydrazine groups is 1. The van der Waals surface area contributed by atoms with Crippen molar-refractivity contribution in [3.8, 4) is 0 Å². The topological polar surface area (TPSA) is 41.1 Å². The largest absolute Gasteiger partial charge is 0.299 e. The minimum atomic E-state index is 0.590. The Morgan fingerprint density at radius 1 is 1.17 bits per heavy atom. The molecule has 0 radical (unpaired) electrons. The first-order valence-electron chi connectivity index (χ1n) is 3.94. The summed E-state index contributed by atoms with van der Waals surface area (Å²) in [6, 6.07) is 9.39. The number of rotatable bonds is 3. The van der Waals surface area contributed by atoms with E-state index in [2.05, 4.69) is 10.9 Å². The Morgan fingerprint density at radius 2 is 1.75 bits per heavy atom. The molecule has 2 N–H and O–H groups in total. The fourth-order valence-electron chi connectivity index (χ4n) is 0.634. The van der Waals surface area contributed by atoms with Crippen molar-refractivity contribution in [3.05, 3.63) is 30.3 Å². The van der Waals surface area contributed by atoms with Gasteiger partial charge in [0.05, 0.1) is 5.69 Å². The van der Waals surface area contributed by atoms with E-state index in [1.807, 2.05) is 44.2 Å². The summed E-state index contributed by atoms with van der Waals surface area (Å²) in [6.45, 7) is 4.00. The highest BCUT2D eigenvalue weighted by molar-refractivity contribution is 5.52. The van der Waals surface area contributed by atoms with Gasteiger partial charge in [0.25, 0.3) is 0 Å². The molecule has 0 bridgehead atoms. The van der Waals surface area contributed by atoms with Crippen molar-refractivity contribution in [1.82, 2.24) is 5.43 Å². The van der Waals surface area contributed by atoms with Crippen LogP contribution >= 0.6 is 0 Å². The molecule has 1 aromatic rings. The molecule has 0 unspecified atom stereocenters. The van der Waals surface area contributed by atoms with E-state index >= 15 is 0 Å². The molecular formula is C9H14N2O. The predicted molar refractivity (Wildman–Crippen MR) is 50.6 cm³/mol. The number of carbonyl (C=O) groups excluding carboxylic acids is 1. The van der Waals surface area contributed by atoms with Crippen LogP contribution < -0.4 is 10.9 Å². The number of amides is 1. The van der Waals surface area contributed by atoms with Crippen molar-refractivity contribution >= 4 is 12.1 Å². The number of carbonyl (C=O) groups is 1. The van der Waals surface area contributed by atoms with Crippen LogP contribution in [-0.2, 0) is 4.79 Å². The Kier molecular flexibility index (Phi) is 6.64. The van der Waals surface area contributed by atoms with Crippen LogP contribution in [0.25, 0.3) is 0 Å². The number of anilines is 1. The summed E-state index contributed by atoms with van der Waals surface area (Å²) in [5.41, 5.74) is 5.88. The summed E-state index contributed by atoms with van der Waals surface area (Å²) in [7, 11) is 0. The van der Waals surface area contributed by atoms with E-state index in [1.54, 1.807) is 0 Å². The Morgan fingerprint density at radius 3 is 2.25 bits per heavy atom. The zero-order chi connectivity index (χ0) is 9.23. The van der Waals surface area contributed by atoms with Crippen LogP contribution in [0.5, 0.6) is 0 Å². The monoisotopic (exact) mass is 166 g/mol. The first-order valence-corrected chi connectivity index (χ1v) is 3.94. The van der Waals surface area contributed by atoms with E-state index in [1.165, 1.54) is 0 Å². The number of hydrogen-bond acceptors (Lipinski definition) is 2. The van der Waals surface area contributed by atoms with Crippen molar-refractivity contribution in [1.29, 1.82) is 0 Å². The van der Waals surface area contributed by atoms with Crippen LogP contribution in [0.3, 0.4) is 0 Å². The van der Waals surface area contributed by atoms with Gasteiger partial charge in [-0.1, -0.05) is 32.0 Å². The number of nitrogens with one attached hydrogen (secondary N) is 2. The maximum absolute atomic E-state index is 9.80. The lowest BCUT2D eigenvalue weighted by Crippen LogP contribution is -2.18. The molecule has 12 heavy (non-hydrogen) atoms. The molecular weight excluding hydrogens is 152 g/mol. The first kappa shape index (κ1) is 10.5. The standard InChI is InChI=1S/C7H8N2O.C2H6/c10-6-8-9-7-4-2-1-3-5-7;1-2/h1-6,9H,(H,8,10);1-2H3. The van der Waals surface area contributed by atoms with Gasteiger partial charge in [-0.25, -0.2) is 0 Å². The number of para-hydroxylation sites is 1. The molecule has 0 aromatic heterocycles. The smallest absolute Gasteiger partial charge is 0.225 e. The van der Waals surface area contributed by atoms with E-state index in [9.17, 15) is 4.79 Å². The molecule has 0 atom stereocenters. The summed E-state index contributed by atoms with van der Waals surface area (Å²) >= 11 is 0. The minimum Gasteiger partial charge on any atom is -0.299 e. The van der Waals surface area contributed by atoms with Gasteiger partial charge in [0.2, 0.25) is 6.41 Å². The molecule has 0 aliphatic rings. The average molecular weight is 166 g/mol. The molecule has 3 heteroatoms. The molecule has 0 aliphatic heterocycles. The van der Waals surface area contributed by atoms with Crippen LogP contribution in [0.2, 0.25) is 0 Å². The van der Waals surface area contributed by atoms with E-state index in [-0.39, 0.29) is 0 Å². The fourth-order valence-corrected chi connectivity index (χ4v) is 0.634. The fraction of sp³-hybridized carbons (Fsp3) is 0.222. The van der Waals surface area contributed by atoms with E-state index in [4.69, 9.17) is 0 Å². The third kappa shape index (κ3) is 4.33.